The number of carbonyl (C=O) groups is 3. The fourth-order valence-corrected chi connectivity index (χ4v) is 4.83. The van der Waals surface area contributed by atoms with E-state index >= 15 is 0 Å². The molecule has 41 heavy (non-hydrogen) atoms. The summed E-state index contributed by atoms with van der Waals surface area (Å²) in [7, 11) is 1.52. The molecule has 0 heterocycles. The molecule has 4 aromatic rings. The molecule has 3 N–H and O–H groups in total. The molecule has 0 saturated carbocycles. The van der Waals surface area contributed by atoms with E-state index in [1.807, 2.05) is 43.3 Å². The van der Waals surface area contributed by atoms with Gasteiger partial charge in [-0.1, -0.05) is 65.7 Å². The maximum absolute atomic E-state index is 13.3. The third-order valence-electron chi connectivity index (χ3n) is 5.78. The largest absolute Gasteiger partial charge is 0.495 e. The van der Waals surface area contributed by atoms with E-state index in [0.29, 0.717) is 27.7 Å². The minimum Gasteiger partial charge on any atom is -0.495 e. The molecule has 0 saturated heterocycles. The molecule has 0 radical (unpaired) electrons. The molecule has 0 aliphatic rings. The van der Waals surface area contributed by atoms with E-state index in [4.69, 9.17) is 16.3 Å². The van der Waals surface area contributed by atoms with Gasteiger partial charge in [-0.25, -0.2) is 0 Å². The van der Waals surface area contributed by atoms with Gasteiger partial charge in [0.15, 0.2) is 0 Å². The number of amides is 3. The molecule has 0 aliphatic carbocycles. The number of hydrogen-bond acceptors (Lipinski definition) is 5. The standard InChI is InChI=1S/C32H28ClN3O4S/c1-21-8-6-9-22(16-21)17-28(36-31(38)23-10-4-3-5-11-23)32(39)35-24-12-7-13-26(18-24)41-20-30(37)34-25-14-15-29(40-2)27(33)19-25/h3-19H,20H2,1-2H3,(H,34,37)(H,35,39)(H,36,38)/b28-17+. The molecule has 0 unspecified atom stereocenters. The van der Waals surface area contributed by atoms with E-state index in [-0.39, 0.29) is 17.4 Å². The Balaban J connectivity index is 1.43. The van der Waals surface area contributed by atoms with Crippen molar-refractivity contribution in [2.45, 2.75) is 11.8 Å². The molecule has 208 valence electrons. The van der Waals surface area contributed by atoms with Gasteiger partial charge in [-0.05, 0) is 67.1 Å². The predicted octanol–water partition coefficient (Wildman–Crippen LogP) is 6.80. The van der Waals surface area contributed by atoms with E-state index < -0.39 is 11.8 Å². The highest BCUT2D eigenvalue weighted by Gasteiger charge is 2.16. The SMILES string of the molecule is COc1ccc(NC(=O)CSc2cccc(NC(=O)/C(=C\c3cccc(C)c3)NC(=O)c3ccccc3)c2)cc1Cl. The molecule has 0 bridgehead atoms. The van der Waals surface area contributed by atoms with Crippen molar-refractivity contribution >= 4 is 58.5 Å². The number of nitrogens with one attached hydrogen (secondary N) is 3. The maximum atomic E-state index is 13.3. The van der Waals surface area contributed by atoms with Crippen LogP contribution in [0.15, 0.2) is 108 Å². The van der Waals surface area contributed by atoms with Gasteiger partial charge >= 0.3 is 0 Å². The van der Waals surface area contributed by atoms with Crippen molar-refractivity contribution in [2.24, 2.45) is 0 Å². The summed E-state index contributed by atoms with van der Waals surface area (Å²) in [6.45, 7) is 1.95. The first kappa shape index (κ1) is 29.5. The van der Waals surface area contributed by atoms with Gasteiger partial charge in [0, 0.05) is 21.8 Å². The predicted molar refractivity (Wildman–Crippen MR) is 165 cm³/mol. The van der Waals surface area contributed by atoms with Crippen molar-refractivity contribution < 1.29 is 19.1 Å². The monoisotopic (exact) mass is 585 g/mol. The van der Waals surface area contributed by atoms with E-state index in [2.05, 4.69) is 16.0 Å². The van der Waals surface area contributed by atoms with Crippen LogP contribution in [0, 0.1) is 6.92 Å². The summed E-state index contributed by atoms with van der Waals surface area (Å²) < 4.78 is 5.13. The summed E-state index contributed by atoms with van der Waals surface area (Å²) in [5.41, 5.74) is 3.41. The number of thioether (sulfide) groups is 1. The first-order valence-corrected chi connectivity index (χ1v) is 14.0. The molecular formula is C32H28ClN3O4S. The average molecular weight is 586 g/mol. The highest BCUT2D eigenvalue weighted by molar-refractivity contribution is 8.00. The van der Waals surface area contributed by atoms with Crippen LogP contribution in [-0.2, 0) is 9.59 Å². The van der Waals surface area contributed by atoms with Gasteiger partial charge in [0.2, 0.25) is 5.91 Å². The molecule has 7 nitrogen and oxygen atoms in total. The van der Waals surface area contributed by atoms with Crippen LogP contribution in [-0.4, -0.2) is 30.6 Å². The molecule has 4 aromatic carbocycles. The number of benzene rings is 4. The van der Waals surface area contributed by atoms with E-state index in [9.17, 15) is 14.4 Å². The zero-order valence-electron chi connectivity index (χ0n) is 22.4. The van der Waals surface area contributed by atoms with E-state index in [1.165, 1.54) is 18.9 Å². The van der Waals surface area contributed by atoms with Crippen LogP contribution >= 0.6 is 23.4 Å². The summed E-state index contributed by atoms with van der Waals surface area (Å²) in [5.74, 6) is -0.417. The smallest absolute Gasteiger partial charge is 0.272 e. The number of rotatable bonds is 10. The second-order valence-electron chi connectivity index (χ2n) is 8.96. The zero-order valence-corrected chi connectivity index (χ0v) is 24.0. The Labute approximate surface area is 248 Å². The zero-order chi connectivity index (χ0) is 29.2. The number of hydrogen-bond donors (Lipinski definition) is 3. The lowest BCUT2D eigenvalue weighted by atomic mass is 10.1. The Morgan fingerprint density at radius 3 is 2.34 bits per heavy atom. The van der Waals surface area contributed by atoms with Crippen LogP contribution in [0.4, 0.5) is 11.4 Å². The molecule has 4 rings (SSSR count). The van der Waals surface area contributed by atoms with E-state index in [1.54, 1.807) is 66.7 Å². The van der Waals surface area contributed by atoms with Crippen LogP contribution in [0.25, 0.3) is 6.08 Å². The second-order valence-corrected chi connectivity index (χ2v) is 10.4. The van der Waals surface area contributed by atoms with E-state index in [0.717, 1.165) is 16.0 Å². The molecule has 9 heteroatoms. The number of carbonyl (C=O) groups excluding carboxylic acids is 3. The Bertz CT molecular complexity index is 1590. The first-order chi connectivity index (χ1) is 19.8. The van der Waals surface area contributed by atoms with Crippen molar-refractivity contribution in [3.63, 3.8) is 0 Å². The minimum atomic E-state index is -0.480. The molecule has 0 aliphatic heterocycles. The number of methoxy groups -OCH3 is 1. The number of aryl methyl sites for hydroxylation is 1. The van der Waals surface area contributed by atoms with Gasteiger partial charge < -0.3 is 20.7 Å². The molecule has 0 aromatic heterocycles. The van der Waals surface area contributed by atoms with Gasteiger partial charge in [-0.2, -0.15) is 0 Å². The fourth-order valence-electron chi connectivity index (χ4n) is 3.82. The molecule has 3 amide bonds. The summed E-state index contributed by atoms with van der Waals surface area (Å²) in [4.78, 5) is 39.5. The normalized spacial score (nSPS) is 11.0. The van der Waals surface area contributed by atoms with Crippen LogP contribution in [0.1, 0.15) is 21.5 Å². The van der Waals surface area contributed by atoms with Gasteiger partial charge in [-0.15, -0.1) is 11.8 Å². The average Bonchev–Trinajstić information content (AvgIpc) is 2.96. The maximum Gasteiger partial charge on any atom is 0.272 e. The summed E-state index contributed by atoms with van der Waals surface area (Å²) in [6.07, 6.45) is 1.64. The highest BCUT2D eigenvalue weighted by Crippen LogP contribution is 2.28. The van der Waals surface area contributed by atoms with Crippen LogP contribution in [0.2, 0.25) is 5.02 Å². The number of anilines is 2. The topological polar surface area (TPSA) is 96.5 Å². The Hall–Kier alpha value is -4.53. The van der Waals surface area contributed by atoms with Crippen LogP contribution < -0.4 is 20.7 Å². The molecule has 0 fully saturated rings. The lowest BCUT2D eigenvalue weighted by molar-refractivity contribution is -0.114. The van der Waals surface area contributed by atoms with Crippen molar-refractivity contribution in [1.29, 1.82) is 0 Å². The summed E-state index contributed by atoms with van der Waals surface area (Å²) in [6, 6.07) is 28.5. The van der Waals surface area contributed by atoms with Crippen molar-refractivity contribution in [3.05, 3.63) is 124 Å². The summed E-state index contributed by atoms with van der Waals surface area (Å²) >= 11 is 7.45. The molecular weight excluding hydrogens is 558 g/mol. The molecule has 0 spiro atoms. The third kappa shape index (κ3) is 8.73. The van der Waals surface area contributed by atoms with Crippen LogP contribution in [0.5, 0.6) is 5.75 Å². The highest BCUT2D eigenvalue weighted by atomic mass is 35.5. The summed E-state index contributed by atoms with van der Waals surface area (Å²) in [5, 5.41) is 8.81. The lowest BCUT2D eigenvalue weighted by Crippen LogP contribution is -2.30. The van der Waals surface area contributed by atoms with Gasteiger partial charge in [-0.3, -0.25) is 14.4 Å². The number of halogens is 1. The van der Waals surface area contributed by atoms with Crippen molar-refractivity contribution in [2.75, 3.05) is 23.5 Å². The minimum absolute atomic E-state index is 0.0973. The first-order valence-electron chi connectivity index (χ1n) is 12.6. The number of ether oxygens (including phenoxy) is 1. The van der Waals surface area contributed by atoms with Gasteiger partial charge in [0.1, 0.15) is 11.4 Å². The van der Waals surface area contributed by atoms with Crippen LogP contribution in [0.3, 0.4) is 0 Å². The Kier molecular flexibility index (Phi) is 10.2. The Morgan fingerprint density at radius 2 is 1.61 bits per heavy atom. The fraction of sp³-hybridized carbons (Fsp3) is 0.0938. The second kappa shape index (κ2) is 14.2. The van der Waals surface area contributed by atoms with Crippen molar-refractivity contribution in [1.82, 2.24) is 5.32 Å². The van der Waals surface area contributed by atoms with Crippen molar-refractivity contribution in [3.8, 4) is 5.75 Å². The van der Waals surface area contributed by atoms with Gasteiger partial charge in [0.25, 0.3) is 11.8 Å². The quantitative estimate of drug-likeness (QED) is 0.140. The van der Waals surface area contributed by atoms with Gasteiger partial charge in [0.05, 0.1) is 17.9 Å². The lowest BCUT2D eigenvalue weighted by Gasteiger charge is -2.12. The molecule has 0 atom stereocenters. The Morgan fingerprint density at radius 1 is 0.854 bits per heavy atom. The third-order valence-corrected chi connectivity index (χ3v) is 7.07.